The number of nitrogens with zero attached hydrogens (tertiary/aromatic N) is 2. The number of hydrogen-bond acceptors (Lipinski definition) is 5. The van der Waals surface area contributed by atoms with Gasteiger partial charge in [-0.3, -0.25) is 9.69 Å². The van der Waals surface area contributed by atoms with Crippen molar-refractivity contribution >= 4 is 34.6 Å². The zero-order valence-corrected chi connectivity index (χ0v) is 14.8. The molecule has 5 nitrogen and oxygen atoms in total. The molecule has 1 N–H and O–H groups in total. The van der Waals surface area contributed by atoms with E-state index in [1.54, 1.807) is 36.3 Å². The number of thioether (sulfide) groups is 1. The second-order valence-electron chi connectivity index (χ2n) is 5.35. The van der Waals surface area contributed by atoms with Gasteiger partial charge in [0.2, 0.25) is 0 Å². The topological polar surface area (TPSA) is 62.1 Å². The lowest BCUT2D eigenvalue weighted by Crippen LogP contribution is -2.28. The Morgan fingerprint density at radius 3 is 2.76 bits per heavy atom. The Morgan fingerprint density at radius 2 is 2.04 bits per heavy atom. The van der Waals surface area contributed by atoms with E-state index in [2.05, 4.69) is 4.99 Å². The highest BCUT2D eigenvalue weighted by molar-refractivity contribution is 8.18. The molecule has 0 aromatic heterocycles. The number of methoxy groups -OCH3 is 1. The van der Waals surface area contributed by atoms with Crippen LogP contribution >= 0.6 is 11.8 Å². The summed E-state index contributed by atoms with van der Waals surface area (Å²) in [5.74, 6) is 0.811. The van der Waals surface area contributed by atoms with Crippen molar-refractivity contribution in [1.29, 1.82) is 0 Å². The second-order valence-corrected chi connectivity index (χ2v) is 6.36. The summed E-state index contributed by atoms with van der Waals surface area (Å²) in [6.07, 6.45) is 1.84. The number of aliphatic imine (C=N–C) groups is 1. The Labute approximate surface area is 150 Å². The first-order valence-electron chi connectivity index (χ1n) is 7.84. The van der Waals surface area contributed by atoms with Gasteiger partial charge < -0.3 is 9.84 Å². The highest BCUT2D eigenvalue weighted by atomic mass is 32.2. The molecule has 1 fully saturated rings. The van der Waals surface area contributed by atoms with Crippen LogP contribution in [0.5, 0.6) is 11.5 Å². The Kier molecular flexibility index (Phi) is 5.09. The molecule has 1 heterocycles. The summed E-state index contributed by atoms with van der Waals surface area (Å²) >= 11 is 1.33. The number of carbonyl (C=O) groups excluding carboxylic acids is 1. The van der Waals surface area contributed by atoms with Crippen LogP contribution in [0, 0.1) is 0 Å². The molecule has 0 spiro atoms. The fraction of sp³-hybridized carbons (Fsp3) is 0.158. The van der Waals surface area contributed by atoms with Gasteiger partial charge in [0.25, 0.3) is 5.91 Å². The van der Waals surface area contributed by atoms with Crippen molar-refractivity contribution in [3.05, 3.63) is 59.0 Å². The molecule has 0 aliphatic carbocycles. The predicted molar refractivity (Wildman–Crippen MR) is 101 cm³/mol. The molecule has 1 saturated heterocycles. The van der Waals surface area contributed by atoms with E-state index in [0.29, 0.717) is 22.3 Å². The van der Waals surface area contributed by atoms with Crippen molar-refractivity contribution in [2.45, 2.75) is 6.92 Å². The van der Waals surface area contributed by atoms with Gasteiger partial charge in [-0.15, -0.1) is 0 Å². The fourth-order valence-corrected chi connectivity index (χ4v) is 3.49. The predicted octanol–water partition coefficient (Wildman–Crippen LogP) is 4.02. The van der Waals surface area contributed by atoms with Crippen molar-refractivity contribution in [1.82, 2.24) is 4.90 Å². The van der Waals surface area contributed by atoms with Gasteiger partial charge in [-0.2, -0.15) is 0 Å². The molecule has 6 heteroatoms. The quantitative estimate of drug-likeness (QED) is 0.842. The largest absolute Gasteiger partial charge is 0.508 e. The van der Waals surface area contributed by atoms with E-state index in [-0.39, 0.29) is 11.7 Å². The summed E-state index contributed by atoms with van der Waals surface area (Å²) in [5, 5.41) is 10.2. The smallest absolute Gasteiger partial charge is 0.266 e. The van der Waals surface area contributed by atoms with E-state index in [9.17, 15) is 9.90 Å². The molecular weight excluding hydrogens is 336 g/mol. The van der Waals surface area contributed by atoms with E-state index in [4.69, 9.17) is 4.74 Å². The molecule has 128 valence electrons. The monoisotopic (exact) mass is 354 g/mol. The maximum atomic E-state index is 12.6. The number of amidine groups is 1. The lowest BCUT2D eigenvalue weighted by atomic mass is 10.2. The molecular formula is C19H18N2O3S. The van der Waals surface area contributed by atoms with E-state index in [1.807, 2.05) is 37.3 Å². The number of amides is 1. The Bertz CT molecular complexity index is 861. The van der Waals surface area contributed by atoms with Crippen LogP contribution in [0.4, 0.5) is 5.69 Å². The molecule has 0 atom stereocenters. The lowest BCUT2D eigenvalue weighted by Gasteiger charge is -2.12. The molecule has 1 aliphatic rings. The third-order valence-corrected chi connectivity index (χ3v) is 4.66. The molecule has 0 saturated carbocycles. The van der Waals surface area contributed by atoms with Crippen LogP contribution < -0.4 is 4.74 Å². The SMILES string of the molecule is CCN1C(=O)/C(=C/c2cccc(OC)c2)SC1=Nc1cccc(O)c1. The van der Waals surface area contributed by atoms with Gasteiger partial charge in [0.05, 0.1) is 17.7 Å². The van der Waals surface area contributed by atoms with Crippen molar-refractivity contribution in [3.8, 4) is 11.5 Å². The van der Waals surface area contributed by atoms with Gasteiger partial charge in [-0.05, 0) is 54.6 Å². The summed E-state index contributed by atoms with van der Waals surface area (Å²) in [5.41, 5.74) is 1.50. The number of phenols is 1. The molecule has 25 heavy (non-hydrogen) atoms. The Balaban J connectivity index is 1.93. The number of benzene rings is 2. The Hall–Kier alpha value is -2.73. The minimum atomic E-state index is -0.0748. The summed E-state index contributed by atoms with van der Waals surface area (Å²) in [6.45, 7) is 2.43. The first-order chi connectivity index (χ1) is 12.1. The molecule has 1 aliphatic heterocycles. The molecule has 1 amide bonds. The second kappa shape index (κ2) is 7.44. The summed E-state index contributed by atoms with van der Waals surface area (Å²) in [6, 6.07) is 14.2. The molecule has 3 rings (SSSR count). The van der Waals surface area contributed by atoms with Crippen LogP contribution in [0.2, 0.25) is 0 Å². The minimum absolute atomic E-state index is 0.0748. The van der Waals surface area contributed by atoms with E-state index in [1.165, 1.54) is 11.8 Å². The highest BCUT2D eigenvalue weighted by Crippen LogP contribution is 2.34. The average Bonchev–Trinajstić information content (AvgIpc) is 2.89. The molecule has 2 aromatic carbocycles. The van der Waals surface area contributed by atoms with Gasteiger partial charge in [-0.25, -0.2) is 4.99 Å². The summed E-state index contributed by atoms with van der Waals surface area (Å²) in [7, 11) is 1.61. The molecule has 0 bridgehead atoms. The number of aromatic hydroxyl groups is 1. The summed E-state index contributed by atoms with van der Waals surface area (Å²) < 4.78 is 5.22. The third-order valence-electron chi connectivity index (χ3n) is 3.65. The number of carbonyl (C=O) groups is 1. The van der Waals surface area contributed by atoms with Crippen LogP contribution in [-0.2, 0) is 4.79 Å². The van der Waals surface area contributed by atoms with Crippen LogP contribution in [0.15, 0.2) is 58.4 Å². The normalized spacial score (nSPS) is 17.5. The highest BCUT2D eigenvalue weighted by Gasteiger charge is 2.32. The van der Waals surface area contributed by atoms with Crippen LogP contribution in [0.25, 0.3) is 6.08 Å². The molecule has 0 radical (unpaired) electrons. The molecule has 0 unspecified atom stereocenters. The first-order valence-corrected chi connectivity index (χ1v) is 8.65. The zero-order chi connectivity index (χ0) is 17.8. The van der Waals surface area contributed by atoms with Gasteiger partial charge in [0.15, 0.2) is 5.17 Å². The van der Waals surface area contributed by atoms with E-state index in [0.717, 1.165) is 11.3 Å². The van der Waals surface area contributed by atoms with Crippen molar-refractivity contribution in [2.75, 3.05) is 13.7 Å². The van der Waals surface area contributed by atoms with Crippen LogP contribution in [0.3, 0.4) is 0 Å². The maximum absolute atomic E-state index is 12.6. The van der Waals surface area contributed by atoms with Crippen molar-refractivity contribution in [2.24, 2.45) is 4.99 Å². The van der Waals surface area contributed by atoms with Crippen LogP contribution in [-0.4, -0.2) is 34.7 Å². The molecule has 2 aromatic rings. The number of rotatable bonds is 4. The number of likely N-dealkylation sites (N-methyl/N-ethyl adjacent to an activating group) is 1. The maximum Gasteiger partial charge on any atom is 0.266 e. The Morgan fingerprint density at radius 1 is 1.24 bits per heavy atom. The summed E-state index contributed by atoms with van der Waals surface area (Å²) in [4.78, 5) is 19.4. The fourth-order valence-electron chi connectivity index (χ4n) is 2.43. The standard InChI is InChI=1S/C19H18N2O3S/c1-3-21-18(23)17(11-13-6-4-9-16(10-13)24-2)25-19(21)20-14-7-5-8-15(22)12-14/h4-12,22H,3H2,1-2H3/b17-11-,20-19?. The van der Waals surface area contributed by atoms with E-state index < -0.39 is 0 Å². The number of ether oxygens (including phenoxy) is 1. The zero-order valence-electron chi connectivity index (χ0n) is 14.0. The van der Waals surface area contributed by atoms with Gasteiger partial charge >= 0.3 is 0 Å². The van der Waals surface area contributed by atoms with Crippen molar-refractivity contribution < 1.29 is 14.6 Å². The van der Waals surface area contributed by atoms with Gasteiger partial charge in [0, 0.05) is 12.6 Å². The average molecular weight is 354 g/mol. The minimum Gasteiger partial charge on any atom is -0.508 e. The van der Waals surface area contributed by atoms with Crippen LogP contribution in [0.1, 0.15) is 12.5 Å². The van der Waals surface area contributed by atoms with E-state index >= 15 is 0 Å². The van der Waals surface area contributed by atoms with Gasteiger partial charge in [-0.1, -0.05) is 18.2 Å². The van der Waals surface area contributed by atoms with Gasteiger partial charge in [0.1, 0.15) is 11.5 Å². The number of hydrogen-bond donors (Lipinski definition) is 1. The van der Waals surface area contributed by atoms with Crippen molar-refractivity contribution in [3.63, 3.8) is 0 Å². The third kappa shape index (κ3) is 3.85. The lowest BCUT2D eigenvalue weighted by molar-refractivity contribution is -0.122. The first kappa shape index (κ1) is 17.1. The number of phenolic OH excluding ortho intramolecular Hbond substituents is 1.